The van der Waals surface area contributed by atoms with E-state index >= 15 is 0 Å². The molecule has 0 aromatic rings. The average molecular weight is 197 g/mol. The summed E-state index contributed by atoms with van der Waals surface area (Å²) in [6, 6.07) is 0.647. The molecule has 0 aliphatic heterocycles. The van der Waals surface area contributed by atoms with Crippen molar-refractivity contribution in [2.75, 3.05) is 13.7 Å². The van der Waals surface area contributed by atoms with Crippen LogP contribution in [0.15, 0.2) is 0 Å². The molecule has 82 valence electrons. The van der Waals surface area contributed by atoms with Crippen molar-refractivity contribution in [3.05, 3.63) is 0 Å². The number of hydrogen-bond donors (Lipinski definition) is 1. The molecule has 2 fully saturated rings. The second kappa shape index (κ2) is 3.82. The number of ether oxygens (including phenoxy) is 1. The van der Waals surface area contributed by atoms with E-state index in [4.69, 9.17) is 4.74 Å². The molecule has 0 saturated heterocycles. The van der Waals surface area contributed by atoms with Crippen LogP contribution in [0.1, 0.15) is 39.5 Å². The maximum atomic E-state index is 5.94. The molecule has 2 heteroatoms. The van der Waals surface area contributed by atoms with E-state index in [1.165, 1.54) is 25.7 Å². The highest BCUT2D eigenvalue weighted by Gasteiger charge is 2.48. The Balaban J connectivity index is 1.66. The van der Waals surface area contributed by atoms with Gasteiger partial charge in [0.1, 0.15) is 0 Å². The molecule has 0 spiro atoms. The smallest absolute Gasteiger partial charge is 0.0655 e. The second-order valence-corrected chi connectivity index (χ2v) is 5.49. The molecule has 14 heavy (non-hydrogen) atoms. The Morgan fingerprint density at radius 2 is 2.07 bits per heavy atom. The fourth-order valence-electron chi connectivity index (χ4n) is 2.44. The van der Waals surface area contributed by atoms with Crippen LogP contribution in [0, 0.1) is 11.3 Å². The number of nitrogens with one attached hydrogen (secondary N) is 1. The number of rotatable bonds is 5. The first-order valence-corrected chi connectivity index (χ1v) is 5.93. The monoisotopic (exact) mass is 197 g/mol. The van der Waals surface area contributed by atoms with Crippen molar-refractivity contribution in [1.29, 1.82) is 0 Å². The van der Waals surface area contributed by atoms with Gasteiger partial charge in [-0.15, -0.1) is 0 Å². The van der Waals surface area contributed by atoms with Crippen molar-refractivity contribution >= 4 is 0 Å². The van der Waals surface area contributed by atoms with Crippen LogP contribution in [0.25, 0.3) is 0 Å². The SMILES string of the molecule is CNC1CC(OCCC2CC2)C1(C)C. The van der Waals surface area contributed by atoms with Crippen LogP contribution in [-0.2, 0) is 4.74 Å². The van der Waals surface area contributed by atoms with Gasteiger partial charge in [0.05, 0.1) is 6.10 Å². The van der Waals surface area contributed by atoms with E-state index in [1.807, 2.05) is 7.05 Å². The Morgan fingerprint density at radius 1 is 1.36 bits per heavy atom. The molecule has 0 amide bonds. The first kappa shape index (κ1) is 10.4. The van der Waals surface area contributed by atoms with Crippen LogP contribution < -0.4 is 5.32 Å². The quantitative estimate of drug-likeness (QED) is 0.729. The summed E-state index contributed by atoms with van der Waals surface area (Å²) >= 11 is 0. The lowest BCUT2D eigenvalue weighted by molar-refractivity contribution is -0.117. The van der Waals surface area contributed by atoms with E-state index in [-0.39, 0.29) is 0 Å². The van der Waals surface area contributed by atoms with Crippen molar-refractivity contribution in [1.82, 2.24) is 5.32 Å². The van der Waals surface area contributed by atoms with Crippen LogP contribution in [0.5, 0.6) is 0 Å². The van der Waals surface area contributed by atoms with Crippen molar-refractivity contribution in [3.63, 3.8) is 0 Å². The lowest BCUT2D eigenvalue weighted by atomic mass is 9.64. The molecule has 0 aromatic heterocycles. The van der Waals surface area contributed by atoms with Gasteiger partial charge >= 0.3 is 0 Å². The largest absolute Gasteiger partial charge is 0.378 e. The Bertz CT molecular complexity index is 198. The van der Waals surface area contributed by atoms with Crippen LogP contribution >= 0.6 is 0 Å². The Kier molecular flexibility index (Phi) is 2.85. The first-order valence-electron chi connectivity index (χ1n) is 5.93. The zero-order valence-electron chi connectivity index (χ0n) is 9.68. The van der Waals surface area contributed by atoms with Crippen molar-refractivity contribution in [2.24, 2.45) is 11.3 Å². The molecule has 2 atom stereocenters. The molecule has 1 N–H and O–H groups in total. The van der Waals surface area contributed by atoms with E-state index in [2.05, 4.69) is 19.2 Å². The van der Waals surface area contributed by atoms with Gasteiger partial charge in [0.15, 0.2) is 0 Å². The molecule has 0 aromatic carbocycles. The third-order valence-corrected chi connectivity index (χ3v) is 4.07. The Labute approximate surface area is 87.4 Å². The van der Waals surface area contributed by atoms with E-state index in [0.717, 1.165) is 12.5 Å². The van der Waals surface area contributed by atoms with Gasteiger partial charge in [0.2, 0.25) is 0 Å². The Morgan fingerprint density at radius 3 is 2.57 bits per heavy atom. The average Bonchev–Trinajstić information content (AvgIpc) is 2.93. The van der Waals surface area contributed by atoms with Gasteiger partial charge in [-0.3, -0.25) is 0 Å². The lowest BCUT2D eigenvalue weighted by Gasteiger charge is -2.51. The van der Waals surface area contributed by atoms with Gasteiger partial charge in [0.25, 0.3) is 0 Å². The van der Waals surface area contributed by atoms with Gasteiger partial charge in [-0.05, 0) is 25.8 Å². The summed E-state index contributed by atoms with van der Waals surface area (Å²) in [5.41, 5.74) is 0.332. The standard InChI is InChI=1S/C12H23NO/c1-12(2)10(13-3)8-11(12)14-7-6-9-4-5-9/h9-11,13H,4-8H2,1-3H3. The summed E-state index contributed by atoms with van der Waals surface area (Å²) in [7, 11) is 2.05. The molecule has 0 heterocycles. The number of hydrogen-bond acceptors (Lipinski definition) is 2. The molecule has 2 nitrogen and oxygen atoms in total. The summed E-state index contributed by atoms with van der Waals surface area (Å²) in [6.07, 6.45) is 5.84. The maximum absolute atomic E-state index is 5.94. The molecular weight excluding hydrogens is 174 g/mol. The second-order valence-electron chi connectivity index (χ2n) is 5.49. The highest BCUT2D eigenvalue weighted by Crippen LogP contribution is 2.43. The minimum atomic E-state index is 0.332. The van der Waals surface area contributed by atoms with Crippen molar-refractivity contribution in [3.8, 4) is 0 Å². The summed E-state index contributed by atoms with van der Waals surface area (Å²) in [5, 5.41) is 3.35. The molecule has 2 aliphatic rings. The lowest BCUT2D eigenvalue weighted by Crippen LogP contribution is -2.60. The van der Waals surface area contributed by atoms with Gasteiger partial charge < -0.3 is 10.1 Å². The normalized spacial score (nSPS) is 35.4. The van der Waals surface area contributed by atoms with E-state index in [0.29, 0.717) is 17.6 Å². The van der Waals surface area contributed by atoms with Crippen LogP contribution in [0.2, 0.25) is 0 Å². The third kappa shape index (κ3) is 1.96. The van der Waals surface area contributed by atoms with Gasteiger partial charge in [-0.1, -0.05) is 26.7 Å². The topological polar surface area (TPSA) is 21.3 Å². The summed E-state index contributed by atoms with van der Waals surface area (Å²) in [4.78, 5) is 0. The highest BCUT2D eigenvalue weighted by molar-refractivity contribution is 5.02. The van der Waals surface area contributed by atoms with Gasteiger partial charge in [-0.2, -0.15) is 0 Å². The van der Waals surface area contributed by atoms with Gasteiger partial charge in [0, 0.05) is 18.1 Å². The molecule has 2 aliphatic carbocycles. The Hall–Kier alpha value is -0.0800. The fraction of sp³-hybridized carbons (Fsp3) is 1.00. The molecule has 0 radical (unpaired) electrons. The minimum Gasteiger partial charge on any atom is -0.378 e. The summed E-state index contributed by atoms with van der Waals surface area (Å²) < 4.78 is 5.94. The van der Waals surface area contributed by atoms with Crippen LogP contribution in [0.4, 0.5) is 0 Å². The predicted molar refractivity (Wildman–Crippen MR) is 58.3 cm³/mol. The summed E-state index contributed by atoms with van der Waals surface area (Å²) in [6.45, 7) is 5.59. The van der Waals surface area contributed by atoms with E-state index in [9.17, 15) is 0 Å². The molecule has 0 bridgehead atoms. The fourth-order valence-corrected chi connectivity index (χ4v) is 2.44. The maximum Gasteiger partial charge on any atom is 0.0655 e. The van der Waals surface area contributed by atoms with Gasteiger partial charge in [-0.25, -0.2) is 0 Å². The van der Waals surface area contributed by atoms with Crippen molar-refractivity contribution in [2.45, 2.75) is 51.7 Å². The molecular formula is C12H23NO. The van der Waals surface area contributed by atoms with Crippen LogP contribution in [-0.4, -0.2) is 25.8 Å². The third-order valence-electron chi connectivity index (χ3n) is 4.07. The van der Waals surface area contributed by atoms with Crippen molar-refractivity contribution < 1.29 is 4.74 Å². The van der Waals surface area contributed by atoms with E-state index < -0.39 is 0 Å². The molecule has 2 unspecified atom stereocenters. The first-order chi connectivity index (χ1) is 6.64. The summed E-state index contributed by atoms with van der Waals surface area (Å²) in [5.74, 6) is 0.998. The zero-order chi connectivity index (χ0) is 10.2. The zero-order valence-corrected chi connectivity index (χ0v) is 9.68. The molecule has 2 rings (SSSR count). The highest BCUT2D eigenvalue weighted by atomic mass is 16.5. The molecule has 2 saturated carbocycles. The minimum absolute atomic E-state index is 0.332. The van der Waals surface area contributed by atoms with E-state index in [1.54, 1.807) is 0 Å². The predicted octanol–water partition coefficient (Wildman–Crippen LogP) is 2.19. The van der Waals surface area contributed by atoms with Crippen LogP contribution in [0.3, 0.4) is 0 Å².